The molecule has 0 aliphatic carbocycles. The van der Waals surface area contributed by atoms with E-state index in [1.807, 2.05) is 11.0 Å². The minimum atomic E-state index is -0.186. The highest BCUT2D eigenvalue weighted by atomic mass is 16.5. The maximum Gasteiger partial charge on any atom is 0.227 e. The Hall–Kier alpha value is -3.64. The Morgan fingerprint density at radius 2 is 1.90 bits per heavy atom. The molecule has 1 N–H and O–H groups in total. The van der Waals surface area contributed by atoms with Gasteiger partial charge in [0.2, 0.25) is 5.91 Å². The number of benzene rings is 3. The molecule has 6 heteroatoms. The molecule has 0 aromatic heterocycles. The van der Waals surface area contributed by atoms with Crippen LogP contribution in [-0.4, -0.2) is 55.9 Å². The molecule has 2 fully saturated rings. The van der Waals surface area contributed by atoms with Crippen LogP contribution in [0.5, 0.6) is 5.75 Å². The summed E-state index contributed by atoms with van der Waals surface area (Å²) in [6.45, 7) is 7.45. The molecule has 7 rings (SSSR count). The lowest BCUT2D eigenvalue weighted by Gasteiger charge is -2.42. The molecule has 0 radical (unpaired) electrons. The number of hydrogen-bond acceptors (Lipinski definition) is 5. The molecule has 0 saturated carbocycles. The van der Waals surface area contributed by atoms with E-state index < -0.39 is 0 Å². The summed E-state index contributed by atoms with van der Waals surface area (Å²) < 4.78 is 6.25. The van der Waals surface area contributed by atoms with Crippen molar-refractivity contribution in [3.63, 3.8) is 0 Å². The van der Waals surface area contributed by atoms with E-state index in [2.05, 4.69) is 73.6 Å². The van der Waals surface area contributed by atoms with E-state index in [1.165, 1.54) is 16.8 Å². The van der Waals surface area contributed by atoms with Crippen molar-refractivity contribution < 1.29 is 14.3 Å². The van der Waals surface area contributed by atoms with Gasteiger partial charge in [-0.3, -0.25) is 14.5 Å². The van der Waals surface area contributed by atoms with Crippen molar-refractivity contribution >= 4 is 23.1 Å². The molecule has 4 aliphatic heterocycles. The molecule has 4 aliphatic rings. The van der Waals surface area contributed by atoms with Crippen LogP contribution in [-0.2, 0) is 16.6 Å². The van der Waals surface area contributed by atoms with Gasteiger partial charge in [0.15, 0.2) is 5.78 Å². The number of rotatable bonds is 4. The molecular weight excluding hydrogens is 498 g/mol. The van der Waals surface area contributed by atoms with Gasteiger partial charge in [-0.25, -0.2) is 0 Å². The van der Waals surface area contributed by atoms with Crippen LogP contribution in [0, 0.1) is 13.8 Å². The predicted octanol–water partition coefficient (Wildman–Crippen LogP) is 5.67. The molecule has 4 heterocycles. The number of aryl methyl sites for hydroxylation is 2. The van der Waals surface area contributed by atoms with Gasteiger partial charge < -0.3 is 15.0 Å². The number of Topliss-reactive ketones (excluding diaryl/α,β-unsaturated/α-hetero) is 1. The van der Waals surface area contributed by atoms with E-state index in [9.17, 15) is 9.59 Å². The van der Waals surface area contributed by atoms with Gasteiger partial charge in [-0.15, -0.1) is 0 Å². The number of likely N-dealkylation sites (tertiary alicyclic amines) is 1. The van der Waals surface area contributed by atoms with E-state index in [1.54, 1.807) is 0 Å². The third-order valence-electron chi connectivity index (χ3n) is 9.74. The van der Waals surface area contributed by atoms with Crippen LogP contribution < -0.4 is 15.0 Å². The maximum atomic E-state index is 14.0. The van der Waals surface area contributed by atoms with Gasteiger partial charge in [0.1, 0.15) is 5.75 Å². The van der Waals surface area contributed by atoms with E-state index in [-0.39, 0.29) is 23.1 Å². The second-order valence-corrected chi connectivity index (χ2v) is 12.2. The molecule has 3 aromatic carbocycles. The molecule has 1 spiro atoms. The summed E-state index contributed by atoms with van der Waals surface area (Å²) in [5.41, 5.74) is 9.89. The Labute approximate surface area is 236 Å². The van der Waals surface area contributed by atoms with E-state index >= 15 is 0 Å². The third-order valence-corrected chi connectivity index (χ3v) is 9.74. The number of fused-ring (bicyclic) bond motifs is 3. The summed E-state index contributed by atoms with van der Waals surface area (Å²) in [4.78, 5) is 30.4. The number of amides is 1. The van der Waals surface area contributed by atoms with Crippen LogP contribution >= 0.6 is 0 Å². The second-order valence-electron chi connectivity index (χ2n) is 12.2. The lowest BCUT2D eigenvalue weighted by atomic mass is 9.70. The summed E-state index contributed by atoms with van der Waals surface area (Å²) >= 11 is 0. The van der Waals surface area contributed by atoms with Gasteiger partial charge >= 0.3 is 0 Å². The molecule has 2 saturated heterocycles. The average Bonchev–Trinajstić information content (AvgIpc) is 3.67. The molecule has 0 bridgehead atoms. The van der Waals surface area contributed by atoms with Crippen molar-refractivity contribution in [2.45, 2.75) is 57.4 Å². The van der Waals surface area contributed by atoms with Crippen LogP contribution in [0.1, 0.15) is 58.3 Å². The maximum absolute atomic E-state index is 14.0. The molecular formula is C34H37N3O3. The predicted molar refractivity (Wildman–Crippen MR) is 159 cm³/mol. The van der Waals surface area contributed by atoms with Gasteiger partial charge in [-0.05, 0) is 111 Å². The molecule has 6 nitrogen and oxygen atoms in total. The van der Waals surface area contributed by atoms with Gasteiger partial charge in [0.25, 0.3) is 0 Å². The average molecular weight is 536 g/mol. The minimum absolute atomic E-state index is 0.119. The number of anilines is 2. The van der Waals surface area contributed by atoms with Crippen LogP contribution in [0.4, 0.5) is 11.4 Å². The van der Waals surface area contributed by atoms with E-state index in [4.69, 9.17) is 4.74 Å². The first-order valence-corrected chi connectivity index (χ1v) is 14.6. The zero-order chi connectivity index (χ0) is 27.6. The van der Waals surface area contributed by atoms with Crippen LogP contribution in [0.15, 0.2) is 48.5 Å². The highest BCUT2D eigenvalue weighted by molar-refractivity contribution is 6.01. The fourth-order valence-electron chi connectivity index (χ4n) is 7.36. The monoisotopic (exact) mass is 535 g/mol. The minimum Gasteiger partial charge on any atom is -0.492 e. The summed E-state index contributed by atoms with van der Waals surface area (Å²) in [5.74, 6) is 1.40. The molecule has 1 amide bonds. The Balaban J connectivity index is 1.14. The smallest absolute Gasteiger partial charge is 0.227 e. The largest absolute Gasteiger partial charge is 0.492 e. The molecule has 40 heavy (non-hydrogen) atoms. The number of nitrogens with zero attached hydrogens (tertiary/aromatic N) is 2. The number of likely N-dealkylation sites (N-methyl/N-ethyl adjacent to an activating group) is 1. The first-order chi connectivity index (χ1) is 19.3. The molecule has 2 atom stereocenters. The van der Waals surface area contributed by atoms with Crippen LogP contribution in [0.3, 0.4) is 0 Å². The van der Waals surface area contributed by atoms with Gasteiger partial charge in [0.05, 0.1) is 12.6 Å². The second kappa shape index (κ2) is 9.48. The van der Waals surface area contributed by atoms with Gasteiger partial charge in [-0.1, -0.05) is 18.2 Å². The standard InChI is InChI=1S/C34H37N3O3/c1-21-15-25(6-8-26(21)23-7-9-29(22(2)16-23)37-13-4-5-32(37)38)33(39)30-19-34(11-14-36(30)3)20-40-31-17-24-10-12-35-28(24)18-27(31)34/h6-9,15-18,30,35H,4-5,10-14,19-20H2,1-3H3. The van der Waals surface area contributed by atoms with Crippen LogP contribution in [0.2, 0.25) is 0 Å². The highest BCUT2D eigenvalue weighted by Crippen LogP contribution is 2.49. The van der Waals surface area contributed by atoms with E-state index in [0.717, 1.165) is 84.6 Å². The Bertz CT molecular complexity index is 1550. The molecule has 2 unspecified atom stereocenters. The fourth-order valence-corrected chi connectivity index (χ4v) is 7.36. The van der Waals surface area contributed by atoms with Crippen molar-refractivity contribution in [2.24, 2.45) is 0 Å². The number of nitrogens with one attached hydrogen (secondary N) is 1. The quantitative estimate of drug-likeness (QED) is 0.436. The number of carbonyl (C=O) groups is 2. The normalized spacial score (nSPS) is 23.7. The SMILES string of the molecule is Cc1cc(C(=O)C2CC3(CCN2C)COc2cc4c(cc23)NCC4)ccc1-c1ccc(N2CCCC2=O)c(C)c1. The third kappa shape index (κ3) is 4.03. The lowest BCUT2D eigenvalue weighted by molar-refractivity contribution is -0.117. The number of hydrogen-bond donors (Lipinski definition) is 1. The number of ether oxygens (including phenoxy) is 1. The summed E-state index contributed by atoms with van der Waals surface area (Å²) in [6.07, 6.45) is 4.36. The van der Waals surface area contributed by atoms with Crippen molar-refractivity contribution in [1.29, 1.82) is 0 Å². The fraction of sp³-hybridized carbons (Fsp3) is 0.412. The highest BCUT2D eigenvalue weighted by Gasteiger charge is 2.48. The first-order valence-electron chi connectivity index (χ1n) is 14.6. The van der Waals surface area contributed by atoms with Crippen molar-refractivity contribution in [3.8, 4) is 16.9 Å². The van der Waals surface area contributed by atoms with Gasteiger partial charge in [0, 0.05) is 47.4 Å². The molecule has 3 aromatic rings. The summed E-state index contributed by atoms with van der Waals surface area (Å²) in [6, 6.07) is 16.8. The van der Waals surface area contributed by atoms with Gasteiger partial charge in [-0.2, -0.15) is 0 Å². The Morgan fingerprint density at radius 1 is 1.02 bits per heavy atom. The van der Waals surface area contributed by atoms with Crippen molar-refractivity contribution in [1.82, 2.24) is 4.90 Å². The van der Waals surface area contributed by atoms with Crippen molar-refractivity contribution in [2.75, 3.05) is 43.5 Å². The van der Waals surface area contributed by atoms with E-state index in [0.29, 0.717) is 13.0 Å². The van der Waals surface area contributed by atoms with Crippen LogP contribution in [0.25, 0.3) is 11.1 Å². The Morgan fingerprint density at radius 3 is 2.67 bits per heavy atom. The zero-order valence-corrected chi connectivity index (χ0v) is 23.7. The number of carbonyl (C=O) groups excluding carboxylic acids is 2. The number of piperidine rings is 1. The number of ketones is 1. The Kier molecular flexibility index (Phi) is 6.00. The first kappa shape index (κ1) is 25.3. The van der Waals surface area contributed by atoms with Crippen molar-refractivity contribution in [3.05, 3.63) is 76.3 Å². The topological polar surface area (TPSA) is 61.9 Å². The zero-order valence-electron chi connectivity index (χ0n) is 23.7. The summed E-state index contributed by atoms with van der Waals surface area (Å²) in [5, 5.41) is 3.52. The molecule has 206 valence electrons. The summed E-state index contributed by atoms with van der Waals surface area (Å²) in [7, 11) is 2.08. The lowest BCUT2D eigenvalue weighted by Crippen LogP contribution is -2.51.